The van der Waals surface area contributed by atoms with Gasteiger partial charge in [0, 0.05) is 19.1 Å². The van der Waals surface area contributed by atoms with Crippen LogP contribution in [0.25, 0.3) is 0 Å². The molecule has 1 N–H and O–H groups in total. The largest absolute Gasteiger partial charge is 0.444 e. The van der Waals surface area contributed by atoms with Gasteiger partial charge in [-0.05, 0) is 39.5 Å². The highest BCUT2D eigenvalue weighted by Gasteiger charge is 2.30. The summed E-state index contributed by atoms with van der Waals surface area (Å²) in [5.41, 5.74) is -0.541. The van der Waals surface area contributed by atoms with E-state index in [-0.39, 0.29) is 18.4 Å². The Morgan fingerprint density at radius 2 is 2.10 bits per heavy atom. The number of rotatable bonds is 3. The Balaban J connectivity index is 2.57. The van der Waals surface area contributed by atoms with Crippen LogP contribution in [0.2, 0.25) is 0 Å². The summed E-state index contributed by atoms with van der Waals surface area (Å²) < 4.78 is 5.19. The first-order chi connectivity index (χ1) is 9.73. The molecule has 0 saturated carbocycles. The molecule has 0 unspecified atom stereocenters. The first kappa shape index (κ1) is 17.3. The van der Waals surface area contributed by atoms with Crippen molar-refractivity contribution in [1.29, 1.82) is 5.26 Å². The van der Waals surface area contributed by atoms with Crippen molar-refractivity contribution in [3.8, 4) is 6.07 Å². The number of hydrogen-bond acceptors (Lipinski definition) is 4. The maximum atomic E-state index is 11.9. The number of hydrogen-bond donors (Lipinski definition) is 1. The van der Waals surface area contributed by atoms with Gasteiger partial charge in [-0.3, -0.25) is 4.79 Å². The van der Waals surface area contributed by atoms with Crippen molar-refractivity contribution in [3.05, 3.63) is 0 Å². The minimum Gasteiger partial charge on any atom is -0.444 e. The van der Waals surface area contributed by atoms with E-state index < -0.39 is 11.7 Å². The monoisotopic (exact) mass is 295 g/mol. The fourth-order valence-electron chi connectivity index (χ4n) is 2.46. The predicted molar refractivity (Wildman–Crippen MR) is 78.4 cm³/mol. The summed E-state index contributed by atoms with van der Waals surface area (Å²) in [6.07, 6.45) is 1.16. The molecule has 1 saturated heterocycles. The molecule has 0 bridgehead atoms. The lowest BCUT2D eigenvalue weighted by atomic mass is 9.92. The molecule has 2 atom stereocenters. The molecule has 2 amide bonds. The van der Waals surface area contributed by atoms with E-state index >= 15 is 0 Å². The van der Waals surface area contributed by atoms with Crippen LogP contribution < -0.4 is 5.32 Å². The van der Waals surface area contributed by atoms with Gasteiger partial charge >= 0.3 is 6.09 Å². The van der Waals surface area contributed by atoms with Crippen molar-refractivity contribution in [2.24, 2.45) is 5.92 Å². The minimum atomic E-state index is -0.541. The molecule has 0 radical (unpaired) electrons. The third-order valence-corrected chi connectivity index (χ3v) is 3.41. The number of nitrogens with one attached hydrogen (secondary N) is 1. The summed E-state index contributed by atoms with van der Waals surface area (Å²) in [6.45, 7) is 8.54. The van der Waals surface area contributed by atoms with Crippen LogP contribution in [-0.2, 0) is 9.53 Å². The van der Waals surface area contributed by atoms with Gasteiger partial charge in [-0.25, -0.2) is 4.79 Å². The molecule has 1 heterocycles. The highest BCUT2D eigenvalue weighted by molar-refractivity contribution is 5.78. The second-order valence-corrected chi connectivity index (χ2v) is 6.59. The lowest BCUT2D eigenvalue weighted by Gasteiger charge is -2.38. The number of likely N-dealkylation sites (tertiary alicyclic amines) is 1. The van der Waals surface area contributed by atoms with Crippen LogP contribution in [0.3, 0.4) is 0 Å². The van der Waals surface area contributed by atoms with Crippen molar-refractivity contribution in [3.63, 3.8) is 0 Å². The smallest absolute Gasteiger partial charge is 0.407 e. The van der Waals surface area contributed by atoms with Crippen LogP contribution in [0.1, 0.15) is 47.0 Å². The molecule has 0 aromatic carbocycles. The molecule has 0 spiro atoms. The van der Waals surface area contributed by atoms with Crippen molar-refractivity contribution in [1.82, 2.24) is 10.2 Å². The van der Waals surface area contributed by atoms with E-state index in [9.17, 15) is 9.59 Å². The van der Waals surface area contributed by atoms with E-state index in [1.165, 1.54) is 0 Å². The van der Waals surface area contributed by atoms with E-state index in [4.69, 9.17) is 10.00 Å². The number of carbonyl (C=O) groups excluding carboxylic acids is 2. The highest BCUT2D eigenvalue weighted by atomic mass is 16.6. The van der Waals surface area contributed by atoms with E-state index in [0.29, 0.717) is 19.0 Å². The maximum absolute atomic E-state index is 11.9. The normalized spacial score (nSPS) is 22.3. The lowest BCUT2D eigenvalue weighted by Crippen LogP contribution is -2.51. The van der Waals surface area contributed by atoms with Crippen LogP contribution >= 0.6 is 0 Å². The van der Waals surface area contributed by atoms with Gasteiger partial charge in [0.1, 0.15) is 12.0 Å². The molecule has 6 heteroatoms. The Bertz CT molecular complexity index is 423. The fourth-order valence-corrected chi connectivity index (χ4v) is 2.46. The first-order valence-corrected chi connectivity index (χ1v) is 7.36. The van der Waals surface area contributed by atoms with E-state index in [2.05, 4.69) is 12.2 Å². The van der Waals surface area contributed by atoms with Crippen LogP contribution in [0.15, 0.2) is 0 Å². The quantitative estimate of drug-likeness (QED) is 0.864. The van der Waals surface area contributed by atoms with Gasteiger partial charge in [0.25, 0.3) is 0 Å². The number of alkyl carbamates (subject to hydrolysis) is 1. The van der Waals surface area contributed by atoms with E-state index in [1.807, 2.05) is 6.07 Å². The first-order valence-electron chi connectivity index (χ1n) is 7.36. The Hall–Kier alpha value is -1.77. The van der Waals surface area contributed by atoms with E-state index in [1.54, 1.807) is 25.7 Å². The van der Waals surface area contributed by atoms with Gasteiger partial charge in [-0.15, -0.1) is 0 Å². The van der Waals surface area contributed by atoms with Gasteiger partial charge in [0.15, 0.2) is 0 Å². The zero-order valence-electron chi connectivity index (χ0n) is 13.3. The summed E-state index contributed by atoms with van der Waals surface area (Å²) >= 11 is 0. The molecule has 6 nitrogen and oxygen atoms in total. The summed E-state index contributed by atoms with van der Waals surface area (Å²) in [5.74, 6) is 0.335. The van der Waals surface area contributed by atoms with Crippen molar-refractivity contribution >= 4 is 12.0 Å². The Labute approximate surface area is 126 Å². The average Bonchev–Trinajstić information content (AvgIpc) is 2.34. The SMILES string of the molecule is C[C@H]1CCN(C(=O)CC#N)[C@H](CNC(=O)OC(C)(C)C)C1. The zero-order chi connectivity index (χ0) is 16.0. The molecule has 1 aliphatic heterocycles. The molecular weight excluding hydrogens is 270 g/mol. The van der Waals surface area contributed by atoms with Crippen LogP contribution in [0.4, 0.5) is 4.79 Å². The molecular formula is C15H25N3O3. The highest BCUT2D eigenvalue weighted by Crippen LogP contribution is 2.22. The molecule has 0 aromatic rings. The molecule has 0 aromatic heterocycles. The van der Waals surface area contributed by atoms with Gasteiger partial charge in [-0.1, -0.05) is 6.92 Å². The molecule has 1 rings (SSSR count). The van der Waals surface area contributed by atoms with E-state index in [0.717, 1.165) is 12.8 Å². The van der Waals surface area contributed by atoms with Crippen LogP contribution in [0, 0.1) is 17.2 Å². The fraction of sp³-hybridized carbons (Fsp3) is 0.800. The number of nitriles is 1. The standard InChI is InChI=1S/C15H25N3O3/c1-11-6-8-18(13(19)5-7-16)12(9-11)10-17-14(20)21-15(2,3)4/h11-12H,5-6,8-10H2,1-4H3,(H,17,20)/t11-,12-/m0/s1. The molecule has 0 aliphatic carbocycles. The molecule has 21 heavy (non-hydrogen) atoms. The Kier molecular flexibility index (Phi) is 6.01. The third kappa shape index (κ3) is 6.03. The summed E-state index contributed by atoms with van der Waals surface area (Å²) in [7, 11) is 0. The summed E-state index contributed by atoms with van der Waals surface area (Å²) in [5, 5.41) is 11.4. The van der Waals surface area contributed by atoms with Crippen molar-refractivity contribution in [2.45, 2.75) is 58.6 Å². The maximum Gasteiger partial charge on any atom is 0.407 e. The van der Waals surface area contributed by atoms with Crippen LogP contribution in [0.5, 0.6) is 0 Å². The second-order valence-electron chi connectivity index (χ2n) is 6.59. The second kappa shape index (κ2) is 7.30. The zero-order valence-corrected chi connectivity index (χ0v) is 13.3. The van der Waals surface area contributed by atoms with Gasteiger partial charge in [0.2, 0.25) is 5.91 Å². The number of nitrogens with zero attached hydrogens (tertiary/aromatic N) is 2. The summed E-state index contributed by atoms with van der Waals surface area (Å²) in [4.78, 5) is 25.4. The van der Waals surface area contributed by atoms with Crippen molar-refractivity contribution in [2.75, 3.05) is 13.1 Å². The molecule has 118 valence electrons. The number of piperidine rings is 1. The van der Waals surface area contributed by atoms with Gasteiger partial charge in [-0.2, -0.15) is 5.26 Å². The van der Waals surface area contributed by atoms with Crippen molar-refractivity contribution < 1.29 is 14.3 Å². The Morgan fingerprint density at radius 3 is 2.67 bits per heavy atom. The Morgan fingerprint density at radius 1 is 1.43 bits per heavy atom. The molecule has 1 fully saturated rings. The summed E-state index contributed by atoms with van der Waals surface area (Å²) in [6, 6.07) is 1.82. The number of amides is 2. The van der Waals surface area contributed by atoms with Gasteiger partial charge in [0.05, 0.1) is 6.07 Å². The number of ether oxygens (including phenoxy) is 1. The predicted octanol–water partition coefficient (Wildman–Crippen LogP) is 2.05. The number of carbonyl (C=O) groups is 2. The minimum absolute atomic E-state index is 0.0675. The van der Waals surface area contributed by atoms with Crippen LogP contribution in [-0.4, -0.2) is 41.6 Å². The topological polar surface area (TPSA) is 82.4 Å². The molecule has 1 aliphatic rings. The van der Waals surface area contributed by atoms with Gasteiger partial charge < -0.3 is 15.0 Å². The lowest BCUT2D eigenvalue weighted by molar-refractivity contribution is -0.134. The third-order valence-electron chi connectivity index (χ3n) is 3.41. The average molecular weight is 295 g/mol.